The van der Waals surface area contributed by atoms with E-state index in [9.17, 15) is 5.11 Å². The van der Waals surface area contributed by atoms with E-state index < -0.39 is 0 Å². The van der Waals surface area contributed by atoms with Gasteiger partial charge >= 0.3 is 0 Å². The molecule has 0 aliphatic heterocycles. The minimum Gasteiger partial charge on any atom is -0.395 e. The van der Waals surface area contributed by atoms with Crippen molar-refractivity contribution in [3.8, 4) is 0 Å². The SMILES string of the molecule is Cc1nc2cc(C3(CO)CC3)ccc2n1C. The number of aliphatic hydroxyl groups is 1. The second kappa shape index (κ2) is 3.08. The van der Waals surface area contributed by atoms with Crippen LogP contribution in [0.3, 0.4) is 0 Å². The van der Waals surface area contributed by atoms with Crippen LogP contribution in [-0.4, -0.2) is 21.3 Å². The van der Waals surface area contributed by atoms with E-state index in [4.69, 9.17) is 0 Å². The fourth-order valence-electron chi connectivity index (χ4n) is 2.34. The number of hydrogen-bond acceptors (Lipinski definition) is 2. The summed E-state index contributed by atoms with van der Waals surface area (Å²) >= 11 is 0. The first-order valence-corrected chi connectivity index (χ1v) is 5.71. The number of fused-ring (bicyclic) bond motifs is 1. The Labute approximate surface area is 94.7 Å². The molecule has 0 amide bonds. The Morgan fingerprint density at radius 2 is 2.19 bits per heavy atom. The van der Waals surface area contributed by atoms with Gasteiger partial charge in [-0.25, -0.2) is 4.98 Å². The zero-order valence-corrected chi connectivity index (χ0v) is 9.70. The highest BCUT2D eigenvalue weighted by molar-refractivity contribution is 5.77. The Balaban J connectivity index is 2.17. The maximum Gasteiger partial charge on any atom is 0.106 e. The molecule has 1 aromatic heterocycles. The summed E-state index contributed by atoms with van der Waals surface area (Å²) < 4.78 is 2.09. The van der Waals surface area contributed by atoms with E-state index in [1.165, 1.54) is 5.56 Å². The lowest BCUT2D eigenvalue weighted by Crippen LogP contribution is -2.11. The van der Waals surface area contributed by atoms with E-state index >= 15 is 0 Å². The average Bonchev–Trinajstić information content (AvgIpc) is 3.04. The molecular formula is C13H16N2O. The molecule has 3 rings (SSSR count). The summed E-state index contributed by atoms with van der Waals surface area (Å²) in [5.41, 5.74) is 3.48. The standard InChI is InChI=1S/C13H16N2O/c1-9-14-11-7-10(13(8-16)5-6-13)3-4-12(11)15(9)2/h3-4,7,16H,5-6,8H2,1-2H3. The molecule has 0 atom stereocenters. The molecule has 2 aromatic rings. The topological polar surface area (TPSA) is 38.1 Å². The van der Waals surface area contributed by atoms with E-state index in [0.717, 1.165) is 29.7 Å². The fourth-order valence-corrected chi connectivity index (χ4v) is 2.34. The molecule has 1 aliphatic rings. The molecule has 3 nitrogen and oxygen atoms in total. The molecule has 0 radical (unpaired) electrons. The van der Waals surface area contributed by atoms with Crippen LogP contribution in [0.4, 0.5) is 0 Å². The van der Waals surface area contributed by atoms with Crippen LogP contribution in [0.15, 0.2) is 18.2 Å². The predicted octanol–water partition coefficient (Wildman–Crippen LogP) is 1.91. The summed E-state index contributed by atoms with van der Waals surface area (Å²) in [7, 11) is 2.03. The van der Waals surface area contributed by atoms with Crippen LogP contribution >= 0.6 is 0 Å². The highest BCUT2D eigenvalue weighted by Crippen LogP contribution is 2.48. The second-order valence-corrected chi connectivity index (χ2v) is 4.86. The van der Waals surface area contributed by atoms with Gasteiger partial charge in [0.1, 0.15) is 5.82 Å². The zero-order chi connectivity index (χ0) is 11.3. The average molecular weight is 216 g/mol. The van der Waals surface area contributed by atoms with Gasteiger partial charge in [0.25, 0.3) is 0 Å². The number of nitrogens with zero attached hydrogens (tertiary/aromatic N) is 2. The summed E-state index contributed by atoms with van der Waals surface area (Å²) in [5, 5.41) is 9.42. The van der Waals surface area contributed by atoms with Gasteiger partial charge in [-0.15, -0.1) is 0 Å². The van der Waals surface area contributed by atoms with Gasteiger partial charge in [0.2, 0.25) is 0 Å². The molecule has 1 N–H and O–H groups in total. The molecule has 1 aliphatic carbocycles. The van der Waals surface area contributed by atoms with Crippen molar-refractivity contribution < 1.29 is 5.11 Å². The summed E-state index contributed by atoms with van der Waals surface area (Å²) in [5.74, 6) is 1.03. The smallest absolute Gasteiger partial charge is 0.106 e. The fraction of sp³-hybridized carbons (Fsp3) is 0.462. The second-order valence-electron chi connectivity index (χ2n) is 4.86. The lowest BCUT2D eigenvalue weighted by Gasteiger charge is -2.11. The quantitative estimate of drug-likeness (QED) is 0.832. The van der Waals surface area contributed by atoms with Crippen molar-refractivity contribution in [1.29, 1.82) is 0 Å². The number of aliphatic hydroxyl groups excluding tert-OH is 1. The minimum atomic E-state index is 0.0413. The Bertz CT molecular complexity index is 552. The number of rotatable bonds is 2. The van der Waals surface area contributed by atoms with Crippen molar-refractivity contribution in [3.05, 3.63) is 29.6 Å². The Morgan fingerprint density at radius 1 is 1.44 bits per heavy atom. The molecule has 1 fully saturated rings. The number of benzene rings is 1. The molecule has 0 spiro atoms. The largest absolute Gasteiger partial charge is 0.395 e. The molecule has 1 aromatic carbocycles. The monoisotopic (exact) mass is 216 g/mol. The molecular weight excluding hydrogens is 200 g/mol. The van der Waals surface area contributed by atoms with Crippen LogP contribution in [0.25, 0.3) is 11.0 Å². The molecule has 0 saturated heterocycles. The highest BCUT2D eigenvalue weighted by Gasteiger charge is 2.43. The Hall–Kier alpha value is -1.35. The molecule has 1 heterocycles. The normalized spacial score (nSPS) is 17.9. The van der Waals surface area contributed by atoms with Gasteiger partial charge in [0.05, 0.1) is 17.6 Å². The summed E-state index contributed by atoms with van der Waals surface area (Å²) in [6.07, 6.45) is 2.20. The lowest BCUT2D eigenvalue weighted by atomic mass is 9.97. The highest BCUT2D eigenvalue weighted by atomic mass is 16.3. The Morgan fingerprint density at radius 3 is 2.81 bits per heavy atom. The maximum atomic E-state index is 9.42. The summed E-state index contributed by atoms with van der Waals surface area (Å²) in [4.78, 5) is 4.53. The minimum absolute atomic E-state index is 0.0413. The number of hydrogen-bond donors (Lipinski definition) is 1. The van der Waals surface area contributed by atoms with Gasteiger partial charge < -0.3 is 9.67 Å². The van der Waals surface area contributed by atoms with Crippen LogP contribution in [0.2, 0.25) is 0 Å². The van der Waals surface area contributed by atoms with Gasteiger partial charge in [-0.2, -0.15) is 0 Å². The molecule has 0 bridgehead atoms. The first kappa shape index (κ1) is 9.85. The number of aryl methyl sites for hydroxylation is 2. The van der Waals surface area contributed by atoms with Gasteiger partial charge in [-0.1, -0.05) is 6.07 Å². The van der Waals surface area contributed by atoms with Gasteiger partial charge in [0.15, 0.2) is 0 Å². The third-order valence-corrected chi connectivity index (χ3v) is 3.87. The van der Waals surface area contributed by atoms with Crippen molar-refractivity contribution >= 4 is 11.0 Å². The van der Waals surface area contributed by atoms with Crippen molar-refractivity contribution in [1.82, 2.24) is 9.55 Å². The molecule has 1 saturated carbocycles. The van der Waals surface area contributed by atoms with Gasteiger partial charge in [-0.05, 0) is 37.5 Å². The van der Waals surface area contributed by atoms with Gasteiger partial charge in [0, 0.05) is 12.5 Å². The third kappa shape index (κ3) is 1.21. The van der Waals surface area contributed by atoms with E-state index in [1.807, 2.05) is 14.0 Å². The van der Waals surface area contributed by atoms with Crippen LogP contribution in [0, 0.1) is 6.92 Å². The number of aromatic nitrogens is 2. The van der Waals surface area contributed by atoms with Gasteiger partial charge in [-0.3, -0.25) is 0 Å². The van der Waals surface area contributed by atoms with Crippen LogP contribution in [0.1, 0.15) is 24.2 Å². The van der Waals surface area contributed by atoms with Crippen molar-refractivity contribution in [2.75, 3.05) is 6.61 Å². The summed E-state index contributed by atoms with van der Waals surface area (Å²) in [6.45, 7) is 2.27. The molecule has 0 unspecified atom stereocenters. The van der Waals surface area contributed by atoms with Crippen molar-refractivity contribution in [2.24, 2.45) is 7.05 Å². The predicted molar refractivity (Wildman–Crippen MR) is 63.4 cm³/mol. The van der Waals surface area contributed by atoms with Crippen molar-refractivity contribution in [3.63, 3.8) is 0 Å². The van der Waals surface area contributed by atoms with Crippen LogP contribution in [-0.2, 0) is 12.5 Å². The maximum absolute atomic E-state index is 9.42. The zero-order valence-electron chi connectivity index (χ0n) is 9.70. The Kier molecular flexibility index (Phi) is 1.89. The van der Waals surface area contributed by atoms with E-state index in [1.54, 1.807) is 0 Å². The van der Waals surface area contributed by atoms with Crippen LogP contribution in [0.5, 0.6) is 0 Å². The first-order valence-electron chi connectivity index (χ1n) is 5.71. The van der Waals surface area contributed by atoms with Crippen LogP contribution < -0.4 is 0 Å². The first-order chi connectivity index (χ1) is 7.66. The number of imidazole rings is 1. The van der Waals surface area contributed by atoms with E-state index in [2.05, 4.69) is 27.8 Å². The van der Waals surface area contributed by atoms with Crippen molar-refractivity contribution in [2.45, 2.75) is 25.2 Å². The molecule has 3 heteroatoms. The van der Waals surface area contributed by atoms with E-state index in [-0.39, 0.29) is 12.0 Å². The lowest BCUT2D eigenvalue weighted by molar-refractivity contribution is 0.255. The molecule has 16 heavy (non-hydrogen) atoms. The summed E-state index contributed by atoms with van der Waals surface area (Å²) in [6, 6.07) is 6.37. The molecule has 84 valence electrons. The van der Waals surface area contributed by atoms with E-state index in [0.29, 0.717) is 0 Å². The third-order valence-electron chi connectivity index (χ3n) is 3.87.